The van der Waals surface area contributed by atoms with E-state index in [1.165, 1.54) is 17.5 Å². The molecule has 1 unspecified atom stereocenters. The first kappa shape index (κ1) is 12.6. The van der Waals surface area contributed by atoms with Gasteiger partial charge in [-0.1, -0.05) is 0 Å². The van der Waals surface area contributed by atoms with Gasteiger partial charge in [0.1, 0.15) is 4.47 Å². The van der Waals surface area contributed by atoms with Crippen LogP contribution < -0.4 is 10.9 Å². The Morgan fingerprint density at radius 3 is 2.65 bits per heavy atom. The molecule has 0 bridgehead atoms. The number of nitrogens with zero attached hydrogens (tertiary/aromatic N) is 2. The minimum atomic E-state index is -0.0759. The SMILES string of the molecule is CC(Nc1cnn(C(C)C)c(=O)c1Br)C1CC1. The molecule has 17 heavy (non-hydrogen) atoms. The highest BCUT2D eigenvalue weighted by Crippen LogP contribution is 2.34. The molecule has 1 aliphatic rings. The van der Waals surface area contributed by atoms with Gasteiger partial charge in [-0.2, -0.15) is 5.10 Å². The van der Waals surface area contributed by atoms with Gasteiger partial charge in [-0.25, -0.2) is 4.68 Å². The van der Waals surface area contributed by atoms with E-state index in [0.29, 0.717) is 10.5 Å². The van der Waals surface area contributed by atoms with Gasteiger partial charge in [0.15, 0.2) is 0 Å². The molecule has 4 nitrogen and oxygen atoms in total. The highest BCUT2D eigenvalue weighted by atomic mass is 79.9. The molecule has 0 radical (unpaired) electrons. The molecule has 94 valence electrons. The van der Waals surface area contributed by atoms with E-state index in [4.69, 9.17) is 0 Å². The number of anilines is 1. The first-order chi connectivity index (χ1) is 8.00. The van der Waals surface area contributed by atoms with Gasteiger partial charge < -0.3 is 5.32 Å². The molecule has 1 N–H and O–H groups in total. The van der Waals surface area contributed by atoms with E-state index in [1.54, 1.807) is 6.20 Å². The largest absolute Gasteiger partial charge is 0.380 e. The molecule has 1 atom stereocenters. The van der Waals surface area contributed by atoms with Crippen LogP contribution >= 0.6 is 15.9 Å². The molecule has 0 aromatic carbocycles. The number of hydrogen-bond donors (Lipinski definition) is 1. The summed E-state index contributed by atoms with van der Waals surface area (Å²) in [4.78, 5) is 12.0. The number of aromatic nitrogens is 2. The predicted molar refractivity (Wildman–Crippen MR) is 72.4 cm³/mol. The van der Waals surface area contributed by atoms with Crippen LogP contribution in [0.5, 0.6) is 0 Å². The van der Waals surface area contributed by atoms with Crippen molar-refractivity contribution in [2.75, 3.05) is 5.32 Å². The Balaban J connectivity index is 2.24. The van der Waals surface area contributed by atoms with E-state index < -0.39 is 0 Å². The van der Waals surface area contributed by atoms with E-state index >= 15 is 0 Å². The second-order valence-electron chi connectivity index (χ2n) is 4.99. The highest BCUT2D eigenvalue weighted by molar-refractivity contribution is 9.10. The monoisotopic (exact) mass is 299 g/mol. The van der Waals surface area contributed by atoms with Crippen LogP contribution in [0.1, 0.15) is 39.7 Å². The van der Waals surface area contributed by atoms with Gasteiger partial charge in [0, 0.05) is 6.04 Å². The first-order valence-corrected chi connectivity index (χ1v) is 6.84. The Labute approximate surface area is 110 Å². The molecule has 0 aliphatic heterocycles. The summed E-state index contributed by atoms with van der Waals surface area (Å²) in [6.45, 7) is 6.04. The predicted octanol–water partition coefficient (Wildman–Crippen LogP) is 2.80. The summed E-state index contributed by atoms with van der Waals surface area (Å²) in [5, 5.41) is 7.54. The quantitative estimate of drug-likeness (QED) is 0.930. The lowest BCUT2D eigenvalue weighted by atomic mass is 10.2. The number of rotatable bonds is 4. The molecule has 0 amide bonds. The van der Waals surface area contributed by atoms with Crippen LogP contribution in [0.15, 0.2) is 15.5 Å². The minimum Gasteiger partial charge on any atom is -0.380 e. The molecule has 0 spiro atoms. The zero-order chi connectivity index (χ0) is 12.6. The molecule has 1 fully saturated rings. The van der Waals surface area contributed by atoms with Crippen molar-refractivity contribution in [2.24, 2.45) is 5.92 Å². The topological polar surface area (TPSA) is 46.9 Å². The van der Waals surface area contributed by atoms with Crippen molar-refractivity contribution in [3.8, 4) is 0 Å². The van der Waals surface area contributed by atoms with Crippen molar-refractivity contribution in [3.63, 3.8) is 0 Å². The zero-order valence-corrected chi connectivity index (χ0v) is 12.0. The Hall–Kier alpha value is -0.840. The van der Waals surface area contributed by atoms with E-state index in [0.717, 1.165) is 11.6 Å². The van der Waals surface area contributed by atoms with Crippen LogP contribution in [0.3, 0.4) is 0 Å². The summed E-state index contributed by atoms with van der Waals surface area (Å²) in [6, 6.07) is 0.483. The van der Waals surface area contributed by atoms with E-state index in [9.17, 15) is 4.79 Å². The molecule has 1 saturated carbocycles. The van der Waals surface area contributed by atoms with Crippen molar-refractivity contribution in [3.05, 3.63) is 21.0 Å². The lowest BCUT2D eigenvalue weighted by Gasteiger charge is -2.16. The Morgan fingerprint density at radius 1 is 1.47 bits per heavy atom. The van der Waals surface area contributed by atoms with Gasteiger partial charge in [-0.3, -0.25) is 4.79 Å². The molecule has 1 aliphatic carbocycles. The lowest BCUT2D eigenvalue weighted by Crippen LogP contribution is -2.27. The van der Waals surface area contributed by atoms with Crippen LogP contribution in [-0.2, 0) is 0 Å². The van der Waals surface area contributed by atoms with Gasteiger partial charge in [0.05, 0.1) is 17.9 Å². The maximum Gasteiger partial charge on any atom is 0.283 e. The van der Waals surface area contributed by atoms with Crippen molar-refractivity contribution >= 4 is 21.6 Å². The number of hydrogen-bond acceptors (Lipinski definition) is 3. The van der Waals surface area contributed by atoms with Gasteiger partial charge in [-0.05, 0) is 55.5 Å². The Morgan fingerprint density at radius 2 is 2.12 bits per heavy atom. The average Bonchev–Trinajstić information content (AvgIpc) is 3.08. The molecular formula is C12H18BrN3O. The maximum absolute atomic E-state index is 12.0. The molecule has 0 saturated heterocycles. The third-order valence-electron chi connectivity index (χ3n) is 3.14. The lowest BCUT2D eigenvalue weighted by molar-refractivity contribution is 0.500. The standard InChI is InChI=1S/C12H18BrN3O/c1-7(2)16-12(17)11(13)10(6-14-16)15-8(3)9-4-5-9/h6-9,15H,4-5H2,1-3H3. The summed E-state index contributed by atoms with van der Waals surface area (Å²) in [6.07, 6.45) is 4.29. The summed E-state index contributed by atoms with van der Waals surface area (Å²) in [7, 11) is 0. The smallest absolute Gasteiger partial charge is 0.283 e. The fourth-order valence-electron chi connectivity index (χ4n) is 1.87. The van der Waals surface area contributed by atoms with E-state index in [1.807, 2.05) is 13.8 Å². The van der Waals surface area contributed by atoms with E-state index in [-0.39, 0.29) is 11.6 Å². The third-order valence-corrected chi connectivity index (χ3v) is 3.91. The van der Waals surface area contributed by atoms with Crippen molar-refractivity contribution in [2.45, 2.75) is 45.7 Å². The summed E-state index contributed by atoms with van der Waals surface area (Å²) in [5.41, 5.74) is 0.722. The summed E-state index contributed by atoms with van der Waals surface area (Å²) in [5.74, 6) is 0.745. The van der Waals surface area contributed by atoms with Crippen molar-refractivity contribution in [1.29, 1.82) is 0 Å². The third kappa shape index (κ3) is 2.70. The second kappa shape index (κ2) is 4.80. The fourth-order valence-corrected chi connectivity index (χ4v) is 2.27. The minimum absolute atomic E-state index is 0.0759. The first-order valence-electron chi connectivity index (χ1n) is 6.04. The Kier molecular flexibility index (Phi) is 3.56. The van der Waals surface area contributed by atoms with Crippen molar-refractivity contribution in [1.82, 2.24) is 9.78 Å². The summed E-state index contributed by atoms with van der Waals surface area (Å²) >= 11 is 3.36. The molecule has 1 heterocycles. The van der Waals surface area contributed by atoms with Gasteiger partial charge in [0.25, 0.3) is 5.56 Å². The zero-order valence-electron chi connectivity index (χ0n) is 10.4. The van der Waals surface area contributed by atoms with Crippen LogP contribution in [0.4, 0.5) is 5.69 Å². The van der Waals surface area contributed by atoms with Crippen LogP contribution in [0, 0.1) is 5.92 Å². The second-order valence-corrected chi connectivity index (χ2v) is 5.78. The maximum atomic E-state index is 12.0. The number of nitrogens with one attached hydrogen (secondary N) is 1. The molecule has 5 heteroatoms. The highest BCUT2D eigenvalue weighted by Gasteiger charge is 2.28. The Bertz CT molecular complexity index is 465. The van der Waals surface area contributed by atoms with Crippen LogP contribution in [0.2, 0.25) is 0 Å². The van der Waals surface area contributed by atoms with Crippen molar-refractivity contribution < 1.29 is 0 Å². The van der Waals surface area contributed by atoms with Gasteiger partial charge in [-0.15, -0.1) is 0 Å². The molecule has 1 aromatic rings. The fraction of sp³-hybridized carbons (Fsp3) is 0.667. The number of halogens is 1. The van der Waals surface area contributed by atoms with Gasteiger partial charge >= 0.3 is 0 Å². The normalized spacial score (nSPS) is 17.2. The summed E-state index contributed by atoms with van der Waals surface area (Å²) < 4.78 is 2.06. The van der Waals surface area contributed by atoms with Crippen LogP contribution in [0.25, 0.3) is 0 Å². The molecule has 1 aromatic heterocycles. The van der Waals surface area contributed by atoms with Crippen LogP contribution in [-0.4, -0.2) is 15.8 Å². The molecular weight excluding hydrogens is 282 g/mol. The van der Waals surface area contributed by atoms with E-state index in [2.05, 4.69) is 33.3 Å². The molecule has 2 rings (SSSR count). The average molecular weight is 300 g/mol. The van der Waals surface area contributed by atoms with Gasteiger partial charge in [0.2, 0.25) is 0 Å².